The van der Waals surface area contributed by atoms with E-state index in [2.05, 4.69) is 15.9 Å². The zero-order chi connectivity index (χ0) is 13.8. The van der Waals surface area contributed by atoms with E-state index in [4.69, 9.17) is 22.1 Å². The summed E-state index contributed by atoms with van der Waals surface area (Å²) in [5.74, 6) is -0.444. The normalized spacial score (nSPS) is 10.2. The molecule has 0 aliphatic carbocycles. The molecule has 0 saturated carbocycles. The summed E-state index contributed by atoms with van der Waals surface area (Å²) < 4.78 is 6.02. The van der Waals surface area contributed by atoms with Crippen LogP contribution in [0.15, 0.2) is 46.9 Å². The minimum Gasteiger partial charge on any atom is -0.457 e. The standard InChI is InChI=1S/C14H11BrClNO2/c15-10-3-6-12(13(17)7-10)14(18)19-8-9-1-4-11(16)5-2-9/h1-7H,8,17H2. The van der Waals surface area contributed by atoms with Gasteiger partial charge in [0, 0.05) is 15.2 Å². The summed E-state index contributed by atoms with van der Waals surface area (Å²) >= 11 is 9.06. The van der Waals surface area contributed by atoms with Gasteiger partial charge in [0.05, 0.1) is 5.56 Å². The number of esters is 1. The lowest BCUT2D eigenvalue weighted by molar-refractivity contribution is 0.0474. The molecule has 0 fully saturated rings. The molecule has 0 aliphatic rings. The van der Waals surface area contributed by atoms with Gasteiger partial charge in [0.25, 0.3) is 0 Å². The van der Waals surface area contributed by atoms with Crippen molar-refractivity contribution in [3.63, 3.8) is 0 Å². The number of rotatable bonds is 3. The summed E-state index contributed by atoms with van der Waals surface area (Å²) in [5.41, 5.74) is 7.37. The van der Waals surface area contributed by atoms with Gasteiger partial charge in [-0.15, -0.1) is 0 Å². The zero-order valence-electron chi connectivity index (χ0n) is 9.90. The van der Waals surface area contributed by atoms with Crippen LogP contribution in [0.2, 0.25) is 5.02 Å². The predicted molar refractivity (Wildman–Crippen MR) is 79.1 cm³/mol. The molecule has 0 amide bonds. The first kappa shape index (κ1) is 13.9. The van der Waals surface area contributed by atoms with E-state index in [0.717, 1.165) is 10.0 Å². The first-order valence-corrected chi connectivity index (χ1v) is 6.70. The molecular weight excluding hydrogens is 330 g/mol. The lowest BCUT2D eigenvalue weighted by Gasteiger charge is -2.07. The van der Waals surface area contributed by atoms with Gasteiger partial charge >= 0.3 is 5.97 Å². The quantitative estimate of drug-likeness (QED) is 0.677. The average molecular weight is 341 g/mol. The molecule has 0 heterocycles. The van der Waals surface area contributed by atoms with Gasteiger partial charge in [-0.05, 0) is 35.9 Å². The fraction of sp³-hybridized carbons (Fsp3) is 0.0714. The van der Waals surface area contributed by atoms with E-state index in [0.29, 0.717) is 16.3 Å². The van der Waals surface area contributed by atoms with E-state index in [-0.39, 0.29) is 6.61 Å². The molecule has 2 aromatic carbocycles. The number of carbonyl (C=O) groups is 1. The molecular formula is C14H11BrClNO2. The molecule has 0 unspecified atom stereocenters. The number of carbonyl (C=O) groups excluding carboxylic acids is 1. The van der Waals surface area contributed by atoms with Crippen molar-refractivity contribution in [2.75, 3.05) is 5.73 Å². The van der Waals surface area contributed by atoms with Crippen LogP contribution in [-0.4, -0.2) is 5.97 Å². The second-order valence-electron chi connectivity index (χ2n) is 3.93. The largest absolute Gasteiger partial charge is 0.457 e. The summed E-state index contributed by atoms with van der Waals surface area (Å²) in [5, 5.41) is 0.646. The lowest BCUT2D eigenvalue weighted by atomic mass is 10.2. The van der Waals surface area contributed by atoms with Gasteiger partial charge in [-0.25, -0.2) is 4.79 Å². The molecule has 3 nitrogen and oxygen atoms in total. The third-order valence-electron chi connectivity index (χ3n) is 2.52. The van der Waals surface area contributed by atoms with Gasteiger partial charge in [-0.1, -0.05) is 39.7 Å². The maximum Gasteiger partial charge on any atom is 0.340 e. The van der Waals surface area contributed by atoms with Crippen LogP contribution in [-0.2, 0) is 11.3 Å². The van der Waals surface area contributed by atoms with Crippen LogP contribution < -0.4 is 5.73 Å². The van der Waals surface area contributed by atoms with E-state index in [9.17, 15) is 4.79 Å². The van der Waals surface area contributed by atoms with Crippen LogP contribution in [0.25, 0.3) is 0 Å². The molecule has 0 bridgehead atoms. The Balaban J connectivity index is 2.03. The van der Waals surface area contributed by atoms with Crippen molar-refractivity contribution < 1.29 is 9.53 Å². The lowest BCUT2D eigenvalue weighted by Crippen LogP contribution is -2.08. The summed E-state index contributed by atoms with van der Waals surface area (Å²) in [7, 11) is 0. The van der Waals surface area contributed by atoms with Gasteiger partial charge in [-0.2, -0.15) is 0 Å². The molecule has 19 heavy (non-hydrogen) atoms. The van der Waals surface area contributed by atoms with Crippen LogP contribution in [0, 0.1) is 0 Å². The number of hydrogen-bond acceptors (Lipinski definition) is 3. The number of anilines is 1. The third kappa shape index (κ3) is 3.72. The first-order valence-electron chi connectivity index (χ1n) is 5.53. The Labute approximate surface area is 124 Å². The number of halogens is 2. The van der Waals surface area contributed by atoms with Crippen molar-refractivity contribution in [3.8, 4) is 0 Å². The van der Waals surface area contributed by atoms with Crippen molar-refractivity contribution >= 4 is 39.2 Å². The molecule has 98 valence electrons. The van der Waals surface area contributed by atoms with Crippen molar-refractivity contribution in [1.82, 2.24) is 0 Å². The Kier molecular flexibility index (Phi) is 4.45. The van der Waals surface area contributed by atoms with Gasteiger partial charge < -0.3 is 10.5 Å². The first-order chi connectivity index (χ1) is 9.06. The van der Waals surface area contributed by atoms with Gasteiger partial charge in [-0.3, -0.25) is 0 Å². The second-order valence-corrected chi connectivity index (χ2v) is 5.29. The zero-order valence-corrected chi connectivity index (χ0v) is 12.2. The molecule has 5 heteroatoms. The maximum absolute atomic E-state index is 11.9. The van der Waals surface area contributed by atoms with E-state index in [1.807, 2.05) is 0 Å². The summed E-state index contributed by atoms with van der Waals surface area (Å²) in [6.45, 7) is 0.186. The van der Waals surface area contributed by atoms with Crippen LogP contribution in [0.3, 0.4) is 0 Å². The highest BCUT2D eigenvalue weighted by Crippen LogP contribution is 2.20. The van der Waals surface area contributed by atoms with Gasteiger partial charge in [0.2, 0.25) is 0 Å². The molecule has 2 rings (SSSR count). The van der Waals surface area contributed by atoms with Crippen molar-refractivity contribution in [2.24, 2.45) is 0 Å². The maximum atomic E-state index is 11.9. The minimum atomic E-state index is -0.444. The molecule has 0 spiro atoms. The Morgan fingerprint density at radius 1 is 1.21 bits per heavy atom. The third-order valence-corrected chi connectivity index (χ3v) is 3.26. The summed E-state index contributed by atoms with van der Waals surface area (Å²) in [6, 6.07) is 12.1. The Hall–Kier alpha value is -1.52. The number of ether oxygens (including phenoxy) is 1. The van der Waals surface area contributed by atoms with Crippen LogP contribution in [0.1, 0.15) is 15.9 Å². The molecule has 0 atom stereocenters. The highest BCUT2D eigenvalue weighted by molar-refractivity contribution is 9.10. The fourth-order valence-corrected chi connectivity index (χ4v) is 2.03. The number of benzene rings is 2. The molecule has 2 aromatic rings. The fourth-order valence-electron chi connectivity index (χ4n) is 1.53. The smallest absolute Gasteiger partial charge is 0.340 e. The van der Waals surface area contributed by atoms with Gasteiger partial charge in [0.15, 0.2) is 0 Å². The van der Waals surface area contributed by atoms with E-state index in [1.54, 1.807) is 42.5 Å². The predicted octanol–water partition coefficient (Wildman–Crippen LogP) is 4.04. The molecule has 2 N–H and O–H groups in total. The monoisotopic (exact) mass is 339 g/mol. The number of hydrogen-bond donors (Lipinski definition) is 1. The average Bonchev–Trinajstić information content (AvgIpc) is 2.37. The number of nitrogen functional groups attached to an aromatic ring is 1. The summed E-state index contributed by atoms with van der Waals surface area (Å²) in [4.78, 5) is 11.9. The highest BCUT2D eigenvalue weighted by atomic mass is 79.9. The van der Waals surface area contributed by atoms with E-state index in [1.165, 1.54) is 0 Å². The Morgan fingerprint density at radius 2 is 1.89 bits per heavy atom. The van der Waals surface area contributed by atoms with E-state index >= 15 is 0 Å². The number of nitrogens with two attached hydrogens (primary N) is 1. The SMILES string of the molecule is Nc1cc(Br)ccc1C(=O)OCc1ccc(Cl)cc1. The minimum absolute atomic E-state index is 0.186. The van der Waals surface area contributed by atoms with Crippen molar-refractivity contribution in [3.05, 3.63) is 63.1 Å². The highest BCUT2D eigenvalue weighted by Gasteiger charge is 2.11. The van der Waals surface area contributed by atoms with Crippen LogP contribution in [0.5, 0.6) is 0 Å². The summed E-state index contributed by atoms with van der Waals surface area (Å²) in [6.07, 6.45) is 0. The topological polar surface area (TPSA) is 52.3 Å². The molecule has 0 aromatic heterocycles. The van der Waals surface area contributed by atoms with E-state index < -0.39 is 5.97 Å². The Morgan fingerprint density at radius 3 is 2.53 bits per heavy atom. The van der Waals surface area contributed by atoms with Gasteiger partial charge in [0.1, 0.15) is 6.61 Å². The Bertz CT molecular complexity index is 599. The molecule has 0 saturated heterocycles. The molecule has 0 radical (unpaired) electrons. The van der Waals surface area contributed by atoms with Crippen LogP contribution >= 0.6 is 27.5 Å². The van der Waals surface area contributed by atoms with Crippen molar-refractivity contribution in [2.45, 2.75) is 6.61 Å². The van der Waals surface area contributed by atoms with Crippen LogP contribution in [0.4, 0.5) is 5.69 Å². The second kappa shape index (κ2) is 6.08. The van der Waals surface area contributed by atoms with Crippen molar-refractivity contribution in [1.29, 1.82) is 0 Å². The molecule has 0 aliphatic heterocycles.